The smallest absolute Gasteiger partial charge is 0.337 e. The van der Waals surface area contributed by atoms with Crippen molar-refractivity contribution in [3.63, 3.8) is 0 Å². The number of nitrogens with zero attached hydrogens (tertiary/aromatic N) is 2. The van der Waals surface area contributed by atoms with Crippen molar-refractivity contribution < 1.29 is 14.0 Å². The number of halogens is 1. The number of carbonyl (C=O) groups is 1. The van der Waals surface area contributed by atoms with Gasteiger partial charge in [0.15, 0.2) is 0 Å². The van der Waals surface area contributed by atoms with Crippen LogP contribution < -0.4 is 0 Å². The molecule has 4 nitrogen and oxygen atoms in total. The van der Waals surface area contributed by atoms with E-state index < -0.39 is 5.97 Å². The summed E-state index contributed by atoms with van der Waals surface area (Å²) in [5, 5.41) is 1.50. The fraction of sp³-hybridized carbons (Fsp3) is 0.0769. The van der Waals surface area contributed by atoms with E-state index in [1.165, 1.54) is 19.4 Å². The largest absolute Gasteiger partial charge is 0.465 e. The summed E-state index contributed by atoms with van der Waals surface area (Å²) in [4.78, 5) is 15.8. The predicted octanol–water partition coefficient (Wildman–Crippen LogP) is 2.71. The fourth-order valence-electron chi connectivity index (χ4n) is 2.07. The first kappa shape index (κ1) is 10.7. The maximum absolute atomic E-state index is 14.1. The van der Waals surface area contributed by atoms with E-state index in [4.69, 9.17) is 0 Å². The molecule has 5 heteroatoms. The van der Waals surface area contributed by atoms with Crippen molar-refractivity contribution in [2.75, 3.05) is 7.11 Å². The standard InChI is InChI=1S/C13H9FN2O2/c1-18-13(17)8-2-3-9-10-4-5-15-7-12(10)16(14)11(9)6-8/h2-7H,1H3. The zero-order valence-corrected chi connectivity index (χ0v) is 9.55. The second-order valence-electron chi connectivity index (χ2n) is 3.90. The van der Waals surface area contributed by atoms with Gasteiger partial charge in [0.1, 0.15) is 5.52 Å². The molecule has 0 bridgehead atoms. The molecule has 0 radical (unpaired) electrons. The van der Waals surface area contributed by atoms with Gasteiger partial charge in [0.05, 0.1) is 24.4 Å². The highest BCUT2D eigenvalue weighted by Gasteiger charge is 2.13. The number of fused-ring (bicyclic) bond motifs is 3. The molecule has 0 saturated heterocycles. The van der Waals surface area contributed by atoms with E-state index in [-0.39, 0.29) is 0 Å². The van der Waals surface area contributed by atoms with Crippen LogP contribution in [0, 0.1) is 0 Å². The molecule has 0 unspecified atom stereocenters. The molecule has 90 valence electrons. The van der Waals surface area contributed by atoms with Crippen molar-refractivity contribution in [3.05, 3.63) is 42.2 Å². The van der Waals surface area contributed by atoms with Crippen molar-refractivity contribution in [3.8, 4) is 0 Å². The molecule has 0 spiro atoms. The average Bonchev–Trinajstić information content (AvgIpc) is 2.72. The summed E-state index contributed by atoms with van der Waals surface area (Å²) < 4.78 is 18.7. The maximum Gasteiger partial charge on any atom is 0.337 e. The summed E-state index contributed by atoms with van der Waals surface area (Å²) in [6.07, 6.45) is 3.06. The molecular formula is C13H9FN2O2. The molecule has 0 aliphatic carbocycles. The molecule has 0 N–H and O–H groups in total. The molecule has 3 aromatic rings. The van der Waals surface area contributed by atoms with Gasteiger partial charge in [-0.2, -0.15) is 4.79 Å². The van der Waals surface area contributed by atoms with Gasteiger partial charge >= 0.3 is 5.97 Å². The molecule has 0 aliphatic heterocycles. The summed E-state index contributed by atoms with van der Waals surface area (Å²) >= 11 is 0. The molecule has 0 fully saturated rings. The number of hydrogen-bond acceptors (Lipinski definition) is 3. The number of aromatic nitrogens is 2. The van der Waals surface area contributed by atoms with Crippen LogP contribution in [-0.2, 0) is 4.74 Å². The number of pyridine rings is 1. The zero-order chi connectivity index (χ0) is 12.7. The number of hydrogen-bond donors (Lipinski definition) is 0. The summed E-state index contributed by atoms with van der Waals surface area (Å²) in [6, 6.07) is 6.54. The lowest BCUT2D eigenvalue weighted by atomic mass is 10.1. The SMILES string of the molecule is COC(=O)c1ccc2c3ccncc3n(F)c2c1. The Hall–Kier alpha value is -2.43. The maximum atomic E-state index is 14.1. The Labute approximate surface area is 102 Å². The Morgan fingerprint density at radius 2 is 2.06 bits per heavy atom. The first-order valence-corrected chi connectivity index (χ1v) is 5.35. The highest BCUT2D eigenvalue weighted by molar-refractivity contribution is 6.09. The van der Waals surface area contributed by atoms with E-state index in [1.807, 2.05) is 0 Å². The van der Waals surface area contributed by atoms with Gasteiger partial charge in [0, 0.05) is 17.0 Å². The molecular weight excluding hydrogens is 235 g/mol. The lowest BCUT2D eigenvalue weighted by molar-refractivity contribution is 0.0601. The lowest BCUT2D eigenvalue weighted by Gasteiger charge is -1.99. The van der Waals surface area contributed by atoms with Gasteiger partial charge < -0.3 is 4.74 Å². The first-order chi connectivity index (χ1) is 8.72. The molecule has 2 aromatic heterocycles. The topological polar surface area (TPSA) is 44.1 Å². The van der Waals surface area contributed by atoms with Gasteiger partial charge in [-0.25, -0.2) is 4.79 Å². The number of carbonyl (C=O) groups excluding carboxylic acids is 1. The number of rotatable bonds is 1. The van der Waals surface area contributed by atoms with Gasteiger partial charge in [-0.05, 0) is 18.2 Å². The summed E-state index contributed by atoms with van der Waals surface area (Å²) in [5.41, 5.74) is 1.04. The van der Waals surface area contributed by atoms with Crippen molar-refractivity contribution in [2.24, 2.45) is 0 Å². The fourth-order valence-corrected chi connectivity index (χ4v) is 2.07. The van der Waals surface area contributed by atoms with Gasteiger partial charge in [0.25, 0.3) is 0 Å². The minimum atomic E-state index is -0.486. The Morgan fingerprint density at radius 3 is 2.83 bits per heavy atom. The highest BCUT2D eigenvalue weighted by atomic mass is 19.2. The monoisotopic (exact) mass is 244 g/mol. The number of ether oxygens (including phenoxy) is 1. The highest BCUT2D eigenvalue weighted by Crippen LogP contribution is 2.29. The van der Waals surface area contributed by atoms with Gasteiger partial charge in [-0.15, -0.1) is 0 Å². The van der Waals surface area contributed by atoms with Crippen LogP contribution in [0.25, 0.3) is 21.8 Å². The molecule has 0 atom stereocenters. The predicted molar refractivity (Wildman–Crippen MR) is 65.1 cm³/mol. The minimum absolute atomic E-state index is 0.319. The molecule has 18 heavy (non-hydrogen) atoms. The number of esters is 1. The van der Waals surface area contributed by atoms with E-state index in [0.717, 1.165) is 10.8 Å². The number of methoxy groups -OCH3 is 1. The Balaban J connectivity index is 2.38. The second kappa shape index (κ2) is 3.80. The van der Waals surface area contributed by atoms with Crippen LogP contribution in [0.3, 0.4) is 0 Å². The van der Waals surface area contributed by atoms with E-state index in [1.54, 1.807) is 24.4 Å². The van der Waals surface area contributed by atoms with Crippen LogP contribution in [0.15, 0.2) is 36.7 Å². The van der Waals surface area contributed by atoms with Crippen LogP contribution in [0.2, 0.25) is 0 Å². The van der Waals surface area contributed by atoms with E-state index in [2.05, 4.69) is 9.72 Å². The van der Waals surface area contributed by atoms with Crippen LogP contribution >= 0.6 is 0 Å². The van der Waals surface area contributed by atoms with Gasteiger partial charge in [0.2, 0.25) is 0 Å². The van der Waals surface area contributed by atoms with E-state index in [9.17, 15) is 9.28 Å². The Kier molecular flexibility index (Phi) is 2.26. The average molecular weight is 244 g/mol. The third kappa shape index (κ3) is 1.37. The van der Waals surface area contributed by atoms with Crippen molar-refractivity contribution in [2.45, 2.75) is 0 Å². The second-order valence-corrected chi connectivity index (χ2v) is 3.90. The van der Waals surface area contributed by atoms with Crippen molar-refractivity contribution in [1.29, 1.82) is 0 Å². The van der Waals surface area contributed by atoms with Crippen molar-refractivity contribution >= 4 is 27.8 Å². The van der Waals surface area contributed by atoms with Crippen LogP contribution in [0.4, 0.5) is 4.48 Å². The third-order valence-corrected chi connectivity index (χ3v) is 2.93. The molecule has 0 aliphatic rings. The van der Waals surface area contributed by atoms with Crippen LogP contribution in [0.1, 0.15) is 10.4 Å². The van der Waals surface area contributed by atoms with Crippen LogP contribution in [0.5, 0.6) is 0 Å². The third-order valence-electron chi connectivity index (χ3n) is 2.93. The van der Waals surface area contributed by atoms with Gasteiger partial charge in [-0.1, -0.05) is 10.5 Å². The molecule has 0 amide bonds. The first-order valence-electron chi connectivity index (χ1n) is 5.35. The van der Waals surface area contributed by atoms with E-state index in [0.29, 0.717) is 21.4 Å². The zero-order valence-electron chi connectivity index (χ0n) is 9.55. The minimum Gasteiger partial charge on any atom is -0.465 e. The quantitative estimate of drug-likeness (QED) is 0.618. The number of benzene rings is 1. The molecule has 0 saturated carbocycles. The van der Waals surface area contributed by atoms with Crippen molar-refractivity contribution in [1.82, 2.24) is 9.77 Å². The summed E-state index contributed by atoms with van der Waals surface area (Å²) in [5.74, 6) is -0.486. The molecule has 2 heterocycles. The Morgan fingerprint density at radius 1 is 1.28 bits per heavy atom. The molecule has 1 aromatic carbocycles. The molecule has 3 rings (SSSR count). The van der Waals surface area contributed by atoms with Gasteiger partial charge in [-0.3, -0.25) is 4.98 Å². The van der Waals surface area contributed by atoms with E-state index >= 15 is 0 Å². The normalized spacial score (nSPS) is 11.0. The summed E-state index contributed by atoms with van der Waals surface area (Å²) in [6.45, 7) is 0. The van der Waals surface area contributed by atoms with Crippen LogP contribution in [-0.4, -0.2) is 22.9 Å². The lowest BCUT2D eigenvalue weighted by Crippen LogP contribution is -2.00. The summed E-state index contributed by atoms with van der Waals surface area (Å²) in [7, 11) is 1.29. The Bertz CT molecular complexity index is 764.